The molecule has 6 nitrogen and oxygen atoms in total. The van der Waals surface area contributed by atoms with Crippen LogP contribution in [0, 0.1) is 0 Å². The first-order valence-corrected chi connectivity index (χ1v) is 5.98. The number of amides is 1. The molecule has 0 aliphatic heterocycles. The number of hydrogen-bond donors (Lipinski definition) is 1. The molecule has 1 amide bonds. The number of rotatable bonds is 5. The first-order valence-electron chi connectivity index (χ1n) is 5.61. The van der Waals surface area contributed by atoms with E-state index in [4.69, 9.17) is 11.6 Å². The zero-order valence-electron chi connectivity index (χ0n) is 10.7. The van der Waals surface area contributed by atoms with Gasteiger partial charge in [0.2, 0.25) is 5.91 Å². The lowest BCUT2D eigenvalue weighted by Crippen LogP contribution is -2.28. The van der Waals surface area contributed by atoms with Crippen molar-refractivity contribution in [2.45, 2.75) is 13.3 Å². The predicted octanol–water partition coefficient (Wildman–Crippen LogP) is 0.396. The molecule has 0 saturated heterocycles. The summed E-state index contributed by atoms with van der Waals surface area (Å²) in [5.74, 6) is -0.0501. The first-order chi connectivity index (χ1) is 8.43. The molecule has 1 aromatic heterocycles. The highest BCUT2D eigenvalue weighted by Crippen LogP contribution is 2.19. The number of carbonyl (C=O) groups is 1. The van der Waals surface area contributed by atoms with Crippen LogP contribution in [0.25, 0.3) is 0 Å². The summed E-state index contributed by atoms with van der Waals surface area (Å²) in [6.07, 6.45) is 2.32. The van der Waals surface area contributed by atoms with Gasteiger partial charge in [-0.25, -0.2) is 4.68 Å². The maximum absolute atomic E-state index is 11.6. The summed E-state index contributed by atoms with van der Waals surface area (Å²) < 4.78 is 1.19. The van der Waals surface area contributed by atoms with Gasteiger partial charge in [0.05, 0.1) is 11.9 Å². The van der Waals surface area contributed by atoms with Crippen molar-refractivity contribution >= 4 is 23.2 Å². The summed E-state index contributed by atoms with van der Waals surface area (Å²) in [5, 5.41) is 6.79. The molecule has 1 N–H and O–H groups in total. The number of anilines is 1. The average molecular weight is 273 g/mol. The van der Waals surface area contributed by atoms with Crippen LogP contribution in [0.4, 0.5) is 5.69 Å². The molecule has 0 aliphatic rings. The molecular formula is C11H17ClN4O2. The van der Waals surface area contributed by atoms with Crippen molar-refractivity contribution in [2.24, 2.45) is 7.05 Å². The lowest BCUT2D eigenvalue weighted by atomic mass is 10.3. The Kier molecular flexibility index (Phi) is 5.15. The zero-order valence-corrected chi connectivity index (χ0v) is 11.5. The summed E-state index contributed by atoms with van der Waals surface area (Å²) in [6, 6.07) is 0. The highest BCUT2D eigenvalue weighted by atomic mass is 35.5. The molecule has 0 saturated carbocycles. The van der Waals surface area contributed by atoms with Crippen LogP contribution in [0.3, 0.4) is 0 Å². The Balaban J connectivity index is 2.62. The van der Waals surface area contributed by atoms with Crippen molar-refractivity contribution in [3.63, 3.8) is 0 Å². The summed E-state index contributed by atoms with van der Waals surface area (Å²) >= 11 is 5.97. The Labute approximate surface area is 111 Å². The van der Waals surface area contributed by atoms with E-state index in [0.717, 1.165) is 6.42 Å². The molecule has 0 bridgehead atoms. The van der Waals surface area contributed by atoms with Crippen molar-refractivity contribution in [3.8, 4) is 0 Å². The lowest BCUT2D eigenvalue weighted by molar-refractivity contribution is -0.118. The third kappa shape index (κ3) is 3.73. The number of halogens is 1. The predicted molar refractivity (Wildman–Crippen MR) is 71.1 cm³/mol. The molecule has 7 heteroatoms. The second-order valence-corrected chi connectivity index (χ2v) is 4.41. The van der Waals surface area contributed by atoms with Gasteiger partial charge in [0.25, 0.3) is 5.56 Å². The van der Waals surface area contributed by atoms with Crippen LogP contribution in [0.1, 0.15) is 13.3 Å². The second kappa shape index (κ2) is 6.39. The van der Waals surface area contributed by atoms with Crippen LogP contribution in [-0.4, -0.2) is 35.8 Å². The molecule has 0 spiro atoms. The molecule has 0 unspecified atom stereocenters. The Hall–Kier alpha value is -1.56. The van der Waals surface area contributed by atoms with Gasteiger partial charge in [-0.3, -0.25) is 9.59 Å². The second-order valence-electron chi connectivity index (χ2n) is 4.03. The molecule has 1 rings (SSSR count). The summed E-state index contributed by atoms with van der Waals surface area (Å²) in [6.45, 7) is 2.75. The van der Waals surface area contributed by atoms with Crippen LogP contribution < -0.4 is 15.8 Å². The van der Waals surface area contributed by atoms with E-state index < -0.39 is 0 Å². The monoisotopic (exact) mass is 272 g/mol. The molecule has 0 aromatic carbocycles. The minimum atomic E-state index is -0.317. The van der Waals surface area contributed by atoms with Gasteiger partial charge < -0.3 is 10.2 Å². The molecule has 1 heterocycles. The summed E-state index contributed by atoms with van der Waals surface area (Å²) in [5.41, 5.74) is 0.283. The molecule has 1 aromatic rings. The van der Waals surface area contributed by atoms with Crippen molar-refractivity contribution in [2.75, 3.05) is 25.0 Å². The van der Waals surface area contributed by atoms with Crippen molar-refractivity contribution in [1.29, 1.82) is 0 Å². The first kappa shape index (κ1) is 14.5. The van der Waals surface area contributed by atoms with Gasteiger partial charge in [-0.2, -0.15) is 5.10 Å². The standard InChI is InChI=1S/C11H17ClN4O2/c1-8(17)13-5-4-6-15(2)9-7-14-16(3)11(18)10(9)12/h7H,4-6H2,1-3H3,(H,13,17). The van der Waals surface area contributed by atoms with E-state index in [0.29, 0.717) is 18.8 Å². The molecule has 0 fully saturated rings. The van der Waals surface area contributed by atoms with Crippen molar-refractivity contribution in [3.05, 3.63) is 21.6 Å². The van der Waals surface area contributed by atoms with Gasteiger partial charge in [-0.05, 0) is 6.42 Å². The van der Waals surface area contributed by atoms with Crippen LogP contribution in [0.15, 0.2) is 11.0 Å². The number of nitrogens with zero attached hydrogens (tertiary/aromatic N) is 3. The van der Waals surface area contributed by atoms with Crippen LogP contribution in [0.5, 0.6) is 0 Å². The maximum atomic E-state index is 11.6. The largest absolute Gasteiger partial charge is 0.372 e. The van der Waals surface area contributed by atoms with E-state index in [2.05, 4.69) is 10.4 Å². The van der Waals surface area contributed by atoms with E-state index in [1.165, 1.54) is 11.6 Å². The number of hydrogen-bond acceptors (Lipinski definition) is 4. The third-order valence-corrected chi connectivity index (χ3v) is 2.87. The van der Waals surface area contributed by atoms with Crippen molar-refractivity contribution in [1.82, 2.24) is 15.1 Å². The van der Waals surface area contributed by atoms with Gasteiger partial charge in [0, 0.05) is 34.1 Å². The molecule has 18 heavy (non-hydrogen) atoms. The highest BCUT2D eigenvalue weighted by Gasteiger charge is 2.11. The van der Waals surface area contributed by atoms with Gasteiger partial charge in [-0.1, -0.05) is 11.6 Å². The van der Waals surface area contributed by atoms with E-state index in [1.54, 1.807) is 13.2 Å². The van der Waals surface area contributed by atoms with Gasteiger partial charge in [0.1, 0.15) is 5.02 Å². The number of carbonyl (C=O) groups excluding carboxylic acids is 1. The number of nitrogens with one attached hydrogen (secondary N) is 1. The van der Waals surface area contributed by atoms with Crippen LogP contribution in [-0.2, 0) is 11.8 Å². The Morgan fingerprint density at radius 3 is 2.89 bits per heavy atom. The fourth-order valence-electron chi connectivity index (χ4n) is 1.47. The zero-order chi connectivity index (χ0) is 13.7. The van der Waals surface area contributed by atoms with E-state index in [-0.39, 0.29) is 16.5 Å². The molecule has 0 atom stereocenters. The smallest absolute Gasteiger partial charge is 0.287 e. The van der Waals surface area contributed by atoms with Crippen LogP contribution >= 0.6 is 11.6 Å². The van der Waals surface area contributed by atoms with E-state index in [1.807, 2.05) is 11.9 Å². The topological polar surface area (TPSA) is 67.2 Å². The Morgan fingerprint density at radius 1 is 1.61 bits per heavy atom. The van der Waals surface area contributed by atoms with Gasteiger partial charge >= 0.3 is 0 Å². The van der Waals surface area contributed by atoms with Crippen LogP contribution in [0.2, 0.25) is 5.02 Å². The fraction of sp³-hybridized carbons (Fsp3) is 0.545. The molecule has 0 radical (unpaired) electrons. The van der Waals surface area contributed by atoms with Crippen molar-refractivity contribution < 1.29 is 4.79 Å². The highest BCUT2D eigenvalue weighted by molar-refractivity contribution is 6.33. The molecule has 100 valence electrons. The number of aryl methyl sites for hydroxylation is 1. The average Bonchev–Trinajstić information content (AvgIpc) is 2.31. The lowest BCUT2D eigenvalue weighted by Gasteiger charge is -2.19. The van der Waals surface area contributed by atoms with E-state index >= 15 is 0 Å². The SMILES string of the molecule is CC(=O)NCCCN(C)c1cnn(C)c(=O)c1Cl. The quantitative estimate of drug-likeness (QED) is 0.788. The van der Waals surface area contributed by atoms with Gasteiger partial charge in [-0.15, -0.1) is 0 Å². The minimum absolute atomic E-state index is 0.0501. The normalized spacial score (nSPS) is 10.2. The Morgan fingerprint density at radius 2 is 2.28 bits per heavy atom. The summed E-state index contributed by atoms with van der Waals surface area (Å²) in [7, 11) is 3.38. The number of aromatic nitrogens is 2. The third-order valence-electron chi connectivity index (χ3n) is 2.52. The minimum Gasteiger partial charge on any atom is -0.372 e. The maximum Gasteiger partial charge on any atom is 0.287 e. The van der Waals surface area contributed by atoms with E-state index in [9.17, 15) is 9.59 Å². The molecule has 0 aliphatic carbocycles. The van der Waals surface area contributed by atoms with Gasteiger partial charge in [0.15, 0.2) is 0 Å². The fourth-order valence-corrected chi connectivity index (χ4v) is 1.78. The summed E-state index contributed by atoms with van der Waals surface area (Å²) in [4.78, 5) is 24.1. The molecular weight excluding hydrogens is 256 g/mol. The Bertz CT molecular complexity index is 486.